The van der Waals surface area contributed by atoms with E-state index in [-0.39, 0.29) is 63.5 Å². The summed E-state index contributed by atoms with van der Waals surface area (Å²) in [4.78, 5) is 72.2. The largest absolute Gasteiger partial charge is 0.348 e. The summed E-state index contributed by atoms with van der Waals surface area (Å²) in [6.07, 6.45) is 12.0. The van der Waals surface area contributed by atoms with Crippen LogP contribution in [0.15, 0.2) is 0 Å². The fraction of sp³-hybridized carbons (Fsp3) is 0.867. The molecule has 5 amide bonds. The molecule has 6 fully saturated rings. The van der Waals surface area contributed by atoms with E-state index in [1.165, 1.54) is 0 Å². The quantitative estimate of drug-likeness (QED) is 0.148. The zero-order valence-electron chi connectivity index (χ0n) is 36.7. The van der Waals surface area contributed by atoms with Crippen molar-refractivity contribution in [1.29, 1.82) is 5.41 Å². The summed E-state index contributed by atoms with van der Waals surface area (Å²) in [5.41, 5.74) is -0.645. The van der Waals surface area contributed by atoms with Crippen LogP contribution >= 0.6 is 0 Å². The predicted molar refractivity (Wildman–Crippen MR) is 221 cm³/mol. The molecule has 56 heavy (non-hydrogen) atoms. The van der Waals surface area contributed by atoms with Crippen LogP contribution in [-0.4, -0.2) is 76.9 Å². The lowest BCUT2D eigenvalue weighted by Gasteiger charge is -2.42. The third kappa shape index (κ3) is 8.43. The summed E-state index contributed by atoms with van der Waals surface area (Å²) >= 11 is 0. The Morgan fingerprint density at radius 2 is 1.54 bits per heavy atom. The van der Waals surface area contributed by atoms with Gasteiger partial charge in [-0.25, -0.2) is 0 Å². The zero-order chi connectivity index (χ0) is 41.6. The number of carbonyl (C=O) groups is 5. The molecule has 11 heteroatoms. The van der Waals surface area contributed by atoms with Gasteiger partial charge in [-0.2, -0.15) is 0 Å². The van der Waals surface area contributed by atoms with Crippen molar-refractivity contribution >= 4 is 35.2 Å². The molecule has 2 saturated heterocycles. The van der Waals surface area contributed by atoms with Crippen LogP contribution in [0.4, 0.5) is 0 Å². The summed E-state index contributed by atoms with van der Waals surface area (Å²) in [6.45, 7) is 23.4. The molecule has 0 aromatic heterocycles. The van der Waals surface area contributed by atoms with Crippen LogP contribution in [-0.2, 0) is 24.0 Å². The molecule has 6 aliphatic rings. The van der Waals surface area contributed by atoms with E-state index in [9.17, 15) is 24.0 Å². The number of nitrogens with zero attached hydrogens (tertiary/aromatic N) is 1. The molecule has 0 radical (unpaired) electrons. The van der Waals surface area contributed by atoms with Gasteiger partial charge in [-0.3, -0.25) is 29.4 Å². The average molecular weight is 781 g/mol. The number of fused-ring (bicyclic) bond motifs is 5. The molecule has 2 heterocycles. The molecule has 4 saturated carbocycles. The van der Waals surface area contributed by atoms with E-state index >= 15 is 0 Å². The van der Waals surface area contributed by atoms with Gasteiger partial charge in [-0.15, -0.1) is 0 Å². The maximum absolute atomic E-state index is 15.0. The first-order valence-corrected chi connectivity index (χ1v) is 22.2. The summed E-state index contributed by atoms with van der Waals surface area (Å²) in [6, 6.07) is -3.08. The molecule has 9 atom stereocenters. The summed E-state index contributed by atoms with van der Waals surface area (Å²) < 4.78 is 0. The van der Waals surface area contributed by atoms with Crippen LogP contribution < -0.4 is 21.3 Å². The van der Waals surface area contributed by atoms with Gasteiger partial charge < -0.3 is 26.2 Å². The second-order valence-corrected chi connectivity index (χ2v) is 21.5. The molecule has 0 aromatic carbocycles. The van der Waals surface area contributed by atoms with E-state index in [1.807, 2.05) is 34.6 Å². The van der Waals surface area contributed by atoms with Gasteiger partial charge >= 0.3 is 0 Å². The van der Waals surface area contributed by atoms with Crippen molar-refractivity contribution < 1.29 is 24.0 Å². The van der Waals surface area contributed by atoms with E-state index in [0.29, 0.717) is 37.1 Å². The Morgan fingerprint density at radius 1 is 0.911 bits per heavy atom. The van der Waals surface area contributed by atoms with Gasteiger partial charge in [-0.1, -0.05) is 102 Å². The Hall–Kier alpha value is -2.98. The second kappa shape index (κ2) is 16.3. The molecule has 4 aliphatic carbocycles. The zero-order valence-corrected chi connectivity index (χ0v) is 36.7. The molecule has 2 spiro atoms. The Morgan fingerprint density at radius 3 is 2.07 bits per heavy atom. The molecule has 6 unspecified atom stereocenters. The lowest BCUT2D eigenvalue weighted by molar-refractivity contribution is -0.145. The second-order valence-electron chi connectivity index (χ2n) is 21.5. The van der Waals surface area contributed by atoms with Crippen molar-refractivity contribution in [3.63, 3.8) is 0 Å². The smallest absolute Gasteiger partial charge is 0.267 e. The molecule has 11 nitrogen and oxygen atoms in total. The van der Waals surface area contributed by atoms with Crippen molar-refractivity contribution in [2.75, 3.05) is 6.54 Å². The van der Waals surface area contributed by atoms with Crippen LogP contribution in [0.2, 0.25) is 0 Å². The van der Waals surface area contributed by atoms with Crippen LogP contribution in [0.1, 0.15) is 166 Å². The molecular formula is C45H76N6O5. The summed E-state index contributed by atoms with van der Waals surface area (Å²) in [7, 11) is 0. The molecular weight excluding hydrogens is 705 g/mol. The monoisotopic (exact) mass is 781 g/mol. The summed E-state index contributed by atoms with van der Waals surface area (Å²) in [5.74, 6) is -1.43. The van der Waals surface area contributed by atoms with Crippen molar-refractivity contribution in [2.24, 2.45) is 44.8 Å². The minimum Gasteiger partial charge on any atom is -0.348 e. The highest BCUT2D eigenvalue weighted by molar-refractivity contribution is 6.40. The molecule has 2 aliphatic heterocycles. The first-order chi connectivity index (χ1) is 26.0. The number of nitrogens with one attached hydrogen (secondary N) is 5. The van der Waals surface area contributed by atoms with Gasteiger partial charge in [0, 0.05) is 23.9 Å². The lowest BCUT2D eigenvalue weighted by atomic mass is 9.65. The standard InChI is InChI=1S/C40H64N6O5.C5H12/c1-8-12-23(3)32(47)44-30-24-14-10-15-25(20-24)38(7)39(18-11-19-39)40(38)21-28(46(22-40)36(51)31(37(4,5)6)45-35(30)50)33(48)43-27(13-9-2)29(41)34(49)42-26-16-17-26;1-5(2,3)4/h23-28,30-31,41H,8-22H2,1-7H3,(H,42,49)(H,43,48)(H,44,47)(H,45,50);1-4H3/t23?,24?,25?,27?,28-,30?,31+,38?,40+;/m0./s1. The third-order valence-corrected chi connectivity index (χ3v) is 14.5. The highest BCUT2D eigenvalue weighted by Crippen LogP contribution is 2.91. The molecule has 5 N–H and O–H groups in total. The number of rotatable bonds is 11. The van der Waals surface area contributed by atoms with Gasteiger partial charge in [0.1, 0.15) is 23.8 Å². The highest BCUT2D eigenvalue weighted by atomic mass is 16.2. The Balaban J connectivity index is 0.00000113. The Labute approximate surface area is 337 Å². The Bertz CT molecular complexity index is 1520. The van der Waals surface area contributed by atoms with Crippen molar-refractivity contribution in [2.45, 2.75) is 196 Å². The van der Waals surface area contributed by atoms with E-state index < -0.39 is 35.5 Å². The lowest BCUT2D eigenvalue weighted by Crippen LogP contribution is -2.62. The minimum atomic E-state index is -0.918. The van der Waals surface area contributed by atoms with E-state index in [2.05, 4.69) is 62.8 Å². The topological polar surface area (TPSA) is 161 Å². The van der Waals surface area contributed by atoms with Crippen LogP contribution in [0, 0.1) is 50.2 Å². The number of hydrogen-bond donors (Lipinski definition) is 5. The number of amides is 5. The van der Waals surface area contributed by atoms with Crippen molar-refractivity contribution in [3.8, 4) is 0 Å². The normalized spacial score (nSPS) is 33.1. The van der Waals surface area contributed by atoms with Gasteiger partial charge in [0.2, 0.25) is 23.6 Å². The number of hydrogen-bond acceptors (Lipinski definition) is 6. The van der Waals surface area contributed by atoms with E-state index in [4.69, 9.17) is 5.41 Å². The fourth-order valence-electron chi connectivity index (χ4n) is 11.3. The van der Waals surface area contributed by atoms with Gasteiger partial charge in [0.15, 0.2) is 0 Å². The van der Waals surface area contributed by atoms with Crippen molar-refractivity contribution in [3.05, 3.63) is 0 Å². The maximum atomic E-state index is 15.0. The summed E-state index contributed by atoms with van der Waals surface area (Å²) in [5, 5.41) is 21.0. The van der Waals surface area contributed by atoms with Crippen LogP contribution in [0.25, 0.3) is 0 Å². The minimum absolute atomic E-state index is 0.0247. The predicted octanol–water partition coefficient (Wildman–Crippen LogP) is 6.67. The maximum Gasteiger partial charge on any atom is 0.267 e. The molecule has 4 bridgehead atoms. The van der Waals surface area contributed by atoms with E-state index in [1.54, 1.807) is 4.90 Å². The molecule has 0 aromatic rings. The van der Waals surface area contributed by atoms with Gasteiger partial charge in [0.25, 0.3) is 5.91 Å². The Kier molecular flexibility index (Phi) is 12.9. The fourth-order valence-corrected chi connectivity index (χ4v) is 11.3. The first kappa shape index (κ1) is 44.1. The first-order valence-electron chi connectivity index (χ1n) is 22.2. The van der Waals surface area contributed by atoms with Crippen LogP contribution in [0.3, 0.4) is 0 Å². The average Bonchev–Trinajstić information content (AvgIpc) is 3.93. The third-order valence-electron chi connectivity index (χ3n) is 14.5. The van der Waals surface area contributed by atoms with E-state index in [0.717, 1.165) is 70.6 Å². The van der Waals surface area contributed by atoms with Crippen LogP contribution in [0.5, 0.6) is 0 Å². The molecule has 6 rings (SSSR count). The number of carbonyl (C=O) groups excluding carboxylic acids is 5. The van der Waals surface area contributed by atoms with Gasteiger partial charge in [0.05, 0.1) is 6.04 Å². The SMILES string of the molecule is CC(C)(C)C.CCCC(C)C(=O)NC1C(=O)N[C@@H](C(C)(C)C)C(=O)N2C[C@@]3(C[C@H]2C(=O)NC(CCC)C(=N)C(=O)NC2CC2)C2(CCC2)C3(C)C2CCCC1C2. The van der Waals surface area contributed by atoms with Crippen molar-refractivity contribution in [1.82, 2.24) is 26.2 Å². The highest BCUT2D eigenvalue weighted by Gasteiger charge is 2.88. The van der Waals surface area contributed by atoms with Gasteiger partial charge in [-0.05, 0) is 97.7 Å². The molecule has 316 valence electrons.